The first-order chi connectivity index (χ1) is 12.0. The van der Waals surface area contributed by atoms with Gasteiger partial charge in [0.15, 0.2) is 0 Å². The lowest BCUT2D eigenvalue weighted by molar-refractivity contribution is -0.243. The van der Waals surface area contributed by atoms with E-state index in [9.17, 15) is 0 Å². The monoisotopic (exact) mass is 368 g/mol. The predicted octanol–water partition coefficient (Wildman–Crippen LogP) is 7.39. The molecule has 0 aromatic rings. The zero-order valence-corrected chi connectivity index (χ0v) is 18.6. The first kappa shape index (κ1) is 22.2. The summed E-state index contributed by atoms with van der Waals surface area (Å²) in [6, 6.07) is 0. The van der Waals surface area contributed by atoms with Crippen molar-refractivity contribution in [3.63, 3.8) is 0 Å². The maximum atomic E-state index is 6.67. The molecule has 0 atom stereocenters. The van der Waals surface area contributed by atoms with Crippen molar-refractivity contribution < 1.29 is 14.5 Å². The Labute approximate surface area is 162 Å². The lowest BCUT2D eigenvalue weighted by Gasteiger charge is -2.52. The first-order valence-electron chi connectivity index (χ1n) is 11.1. The predicted molar refractivity (Wildman–Crippen MR) is 108 cm³/mol. The highest BCUT2D eigenvalue weighted by molar-refractivity contribution is 5.03. The third-order valence-corrected chi connectivity index (χ3v) is 7.22. The maximum absolute atomic E-state index is 6.67. The Kier molecular flexibility index (Phi) is 7.24. The largest absolute Gasteiger partial charge is 0.346 e. The molecule has 2 rings (SSSR count). The number of ether oxygens (including phenoxy) is 1. The summed E-state index contributed by atoms with van der Waals surface area (Å²) in [6.45, 7) is 15.9. The molecule has 0 radical (unpaired) electrons. The molecule has 0 spiro atoms. The van der Waals surface area contributed by atoms with Crippen molar-refractivity contribution in [2.45, 2.75) is 131 Å². The van der Waals surface area contributed by atoms with Crippen molar-refractivity contribution in [1.82, 2.24) is 0 Å². The molecule has 1 saturated heterocycles. The number of hydrogen-bond acceptors (Lipinski definition) is 3. The van der Waals surface area contributed by atoms with Gasteiger partial charge in [0.1, 0.15) is 0 Å². The summed E-state index contributed by atoms with van der Waals surface area (Å²) in [6.07, 6.45) is 14.6. The van der Waals surface area contributed by atoms with E-state index in [1.165, 1.54) is 57.8 Å². The van der Waals surface area contributed by atoms with Crippen LogP contribution in [0.1, 0.15) is 119 Å². The maximum Gasteiger partial charge on any atom is 0.346 e. The van der Waals surface area contributed by atoms with Gasteiger partial charge in [0.05, 0.1) is 11.5 Å². The average molecular weight is 369 g/mol. The molecule has 1 heterocycles. The van der Waals surface area contributed by atoms with Crippen LogP contribution in [0.3, 0.4) is 0 Å². The number of rotatable bonds is 3. The van der Waals surface area contributed by atoms with E-state index < -0.39 is 5.97 Å². The lowest BCUT2D eigenvalue weighted by atomic mass is 9.54. The second kappa shape index (κ2) is 8.49. The van der Waals surface area contributed by atoms with E-state index in [4.69, 9.17) is 14.5 Å². The van der Waals surface area contributed by atoms with Gasteiger partial charge >= 0.3 is 5.97 Å². The molecule has 0 amide bonds. The van der Waals surface area contributed by atoms with E-state index in [1.807, 2.05) is 0 Å². The fraction of sp³-hybridized carbons (Fsp3) is 1.00. The zero-order valence-electron chi connectivity index (χ0n) is 18.6. The highest BCUT2D eigenvalue weighted by Gasteiger charge is 2.73. The molecule has 1 saturated carbocycles. The molecule has 2 fully saturated rings. The minimum atomic E-state index is -0.898. The average Bonchev–Trinajstić information content (AvgIpc) is 3.28. The van der Waals surface area contributed by atoms with E-state index in [1.54, 1.807) is 0 Å². The Morgan fingerprint density at radius 3 is 1.27 bits per heavy atom. The summed E-state index contributed by atoms with van der Waals surface area (Å²) in [5.41, 5.74) is -0.267. The van der Waals surface area contributed by atoms with Crippen LogP contribution >= 0.6 is 0 Å². The van der Waals surface area contributed by atoms with E-state index in [2.05, 4.69) is 48.5 Å². The van der Waals surface area contributed by atoms with E-state index in [0.29, 0.717) is 0 Å². The standard InChI is InChI=1S/C23H44O3/c1-20(2,3)22(7,21(4,5)6)23(25-26-23)24-19-17-15-13-11-9-8-10-12-14-16-18-19/h19H,8-18H2,1-7H3. The highest BCUT2D eigenvalue weighted by Crippen LogP contribution is 2.64. The Morgan fingerprint density at radius 1 is 0.615 bits per heavy atom. The SMILES string of the molecule is CC(C)(C)C(C)(C(C)(C)C)C1(OC2CCCCCCCCCCC2)OO1. The van der Waals surface area contributed by atoms with Crippen LogP contribution in [0.25, 0.3) is 0 Å². The third kappa shape index (κ3) is 4.83. The van der Waals surface area contributed by atoms with Crippen molar-refractivity contribution >= 4 is 0 Å². The van der Waals surface area contributed by atoms with Gasteiger partial charge in [0.2, 0.25) is 0 Å². The smallest absolute Gasteiger partial charge is 0.320 e. The van der Waals surface area contributed by atoms with Gasteiger partial charge in [-0.25, -0.2) is 0 Å². The van der Waals surface area contributed by atoms with Gasteiger partial charge in [-0.05, 0) is 23.7 Å². The van der Waals surface area contributed by atoms with E-state index in [-0.39, 0.29) is 22.3 Å². The summed E-state index contributed by atoms with van der Waals surface area (Å²) < 4.78 is 6.67. The van der Waals surface area contributed by atoms with Crippen LogP contribution < -0.4 is 0 Å². The molecule has 0 bridgehead atoms. The van der Waals surface area contributed by atoms with Crippen LogP contribution in [0.2, 0.25) is 0 Å². The second-order valence-electron chi connectivity index (χ2n) is 10.8. The third-order valence-electron chi connectivity index (χ3n) is 7.22. The molecule has 3 heteroatoms. The normalized spacial score (nSPS) is 24.6. The topological polar surface area (TPSA) is 34.3 Å². The minimum absolute atomic E-state index is 0.00681. The van der Waals surface area contributed by atoms with Crippen molar-refractivity contribution in [2.24, 2.45) is 16.2 Å². The van der Waals surface area contributed by atoms with Crippen LogP contribution in [0.4, 0.5) is 0 Å². The van der Waals surface area contributed by atoms with Crippen molar-refractivity contribution in [3.05, 3.63) is 0 Å². The molecule has 1 aliphatic heterocycles. The summed E-state index contributed by atoms with van der Waals surface area (Å²) >= 11 is 0. The molecule has 3 nitrogen and oxygen atoms in total. The minimum Gasteiger partial charge on any atom is -0.320 e. The van der Waals surface area contributed by atoms with E-state index >= 15 is 0 Å². The Morgan fingerprint density at radius 2 is 0.962 bits per heavy atom. The summed E-state index contributed by atoms with van der Waals surface area (Å²) in [5, 5.41) is 0. The van der Waals surface area contributed by atoms with Crippen molar-refractivity contribution in [3.8, 4) is 0 Å². The summed E-state index contributed by atoms with van der Waals surface area (Å²) in [4.78, 5) is 11.3. The molecule has 0 aromatic heterocycles. The van der Waals surface area contributed by atoms with Gasteiger partial charge in [0.25, 0.3) is 0 Å². The van der Waals surface area contributed by atoms with Gasteiger partial charge in [-0.2, -0.15) is 9.78 Å². The molecule has 0 unspecified atom stereocenters. The Hall–Kier alpha value is -0.120. The highest BCUT2D eigenvalue weighted by atomic mass is 17.5. The zero-order chi connectivity index (χ0) is 19.5. The molecular weight excluding hydrogens is 324 g/mol. The first-order valence-corrected chi connectivity index (χ1v) is 11.1. The van der Waals surface area contributed by atoms with Gasteiger partial charge in [-0.3, -0.25) is 0 Å². The molecule has 2 aliphatic rings. The van der Waals surface area contributed by atoms with E-state index in [0.717, 1.165) is 12.8 Å². The van der Waals surface area contributed by atoms with Gasteiger partial charge in [0, 0.05) is 0 Å². The van der Waals surface area contributed by atoms with Crippen LogP contribution in [-0.2, 0) is 14.5 Å². The van der Waals surface area contributed by atoms with Crippen molar-refractivity contribution in [1.29, 1.82) is 0 Å². The molecule has 0 N–H and O–H groups in total. The summed E-state index contributed by atoms with van der Waals surface area (Å²) in [5.74, 6) is -0.898. The van der Waals surface area contributed by atoms with Crippen LogP contribution in [0, 0.1) is 16.2 Å². The van der Waals surface area contributed by atoms with Gasteiger partial charge in [-0.1, -0.05) is 106 Å². The molecule has 1 aliphatic carbocycles. The molecule has 26 heavy (non-hydrogen) atoms. The fourth-order valence-electron chi connectivity index (χ4n) is 4.87. The van der Waals surface area contributed by atoms with Gasteiger partial charge in [-0.15, -0.1) is 0 Å². The second-order valence-corrected chi connectivity index (χ2v) is 10.8. The van der Waals surface area contributed by atoms with Gasteiger partial charge < -0.3 is 4.74 Å². The van der Waals surface area contributed by atoms with Crippen LogP contribution in [0.15, 0.2) is 0 Å². The lowest BCUT2D eigenvalue weighted by Crippen LogP contribution is -2.56. The Balaban J connectivity index is 2.11. The van der Waals surface area contributed by atoms with Crippen molar-refractivity contribution in [2.75, 3.05) is 0 Å². The molecule has 154 valence electrons. The fourth-order valence-corrected chi connectivity index (χ4v) is 4.87. The Bertz CT molecular complexity index is 400. The molecular formula is C23H44O3. The summed E-state index contributed by atoms with van der Waals surface area (Å²) in [7, 11) is 0. The number of hydrogen-bond donors (Lipinski definition) is 0. The van der Waals surface area contributed by atoms with Crippen LogP contribution in [-0.4, -0.2) is 12.1 Å². The molecule has 0 aromatic carbocycles. The quantitative estimate of drug-likeness (QED) is 0.384. The van der Waals surface area contributed by atoms with Crippen LogP contribution in [0.5, 0.6) is 0 Å².